The number of benzene rings is 2. The third-order valence-corrected chi connectivity index (χ3v) is 8.42. The molecule has 2 heterocycles. The Bertz CT molecular complexity index is 1400. The van der Waals surface area contributed by atoms with Crippen LogP contribution in [0, 0.1) is 0 Å². The monoisotopic (exact) mass is 493 g/mol. The normalized spacial score (nSPS) is 16.1. The second-order valence-corrected chi connectivity index (χ2v) is 10.8. The molecular weight excluding hydrogens is 466 g/mol. The predicted octanol–water partition coefficient (Wildman–Crippen LogP) is 3.69. The van der Waals surface area contributed by atoms with Crippen LogP contribution in [0.25, 0.3) is 10.9 Å². The molecule has 1 amide bonds. The zero-order valence-electron chi connectivity index (χ0n) is 19.3. The van der Waals surface area contributed by atoms with Crippen molar-refractivity contribution in [2.45, 2.75) is 43.4 Å². The first-order chi connectivity index (χ1) is 16.9. The van der Waals surface area contributed by atoms with E-state index in [-0.39, 0.29) is 4.90 Å². The fourth-order valence-corrected chi connectivity index (χ4v) is 6.40. The third kappa shape index (κ3) is 4.78. The van der Waals surface area contributed by atoms with Crippen molar-refractivity contribution in [1.29, 1.82) is 0 Å². The first-order valence-corrected chi connectivity index (χ1v) is 13.4. The van der Waals surface area contributed by atoms with Crippen LogP contribution in [0.1, 0.15) is 47.3 Å². The van der Waals surface area contributed by atoms with E-state index in [0.717, 1.165) is 55.3 Å². The minimum atomic E-state index is -3.62. The number of rotatable bonds is 6. The lowest BCUT2D eigenvalue weighted by atomic mass is 10.0. The van der Waals surface area contributed by atoms with E-state index in [2.05, 4.69) is 10.3 Å². The molecule has 1 aliphatic carbocycles. The molecule has 5 rings (SSSR count). The summed E-state index contributed by atoms with van der Waals surface area (Å²) in [5.74, 6) is -1.10. The lowest BCUT2D eigenvalue weighted by molar-refractivity contribution is -0.119. The Labute approximate surface area is 204 Å². The van der Waals surface area contributed by atoms with Gasteiger partial charge in [-0.1, -0.05) is 30.7 Å². The van der Waals surface area contributed by atoms with Crippen LogP contribution in [-0.2, 0) is 32.4 Å². The Hall–Kier alpha value is -3.30. The van der Waals surface area contributed by atoms with Crippen molar-refractivity contribution >= 4 is 38.5 Å². The number of aromatic nitrogens is 1. The molecule has 1 aromatic heterocycles. The number of sulfonamides is 1. The van der Waals surface area contributed by atoms with E-state index in [1.807, 2.05) is 24.3 Å². The maximum absolute atomic E-state index is 13.0. The summed E-state index contributed by atoms with van der Waals surface area (Å²) in [6.07, 6.45) is 5.21. The van der Waals surface area contributed by atoms with Gasteiger partial charge in [0.15, 0.2) is 6.61 Å². The number of aryl methyl sites for hydroxylation is 1. The summed E-state index contributed by atoms with van der Waals surface area (Å²) < 4.78 is 32.7. The smallest absolute Gasteiger partial charge is 0.339 e. The molecule has 2 aliphatic rings. The molecule has 0 saturated carbocycles. The number of fused-ring (bicyclic) bond motifs is 2. The highest BCUT2D eigenvalue weighted by Gasteiger charge is 2.27. The number of hydrogen-bond acceptors (Lipinski definition) is 6. The number of para-hydroxylation sites is 1. The number of ether oxygens (including phenoxy) is 1. The summed E-state index contributed by atoms with van der Waals surface area (Å²) in [5.41, 5.74) is 3.35. The van der Waals surface area contributed by atoms with E-state index in [1.54, 1.807) is 12.1 Å². The first kappa shape index (κ1) is 23.4. The molecule has 35 heavy (non-hydrogen) atoms. The zero-order chi connectivity index (χ0) is 24.4. The van der Waals surface area contributed by atoms with Crippen LogP contribution in [0.4, 0.5) is 5.69 Å². The van der Waals surface area contributed by atoms with Crippen LogP contribution in [0.5, 0.6) is 0 Å². The molecule has 0 atom stereocenters. The van der Waals surface area contributed by atoms with Crippen LogP contribution >= 0.6 is 0 Å². The number of carbonyl (C=O) groups is 2. The molecule has 0 bridgehead atoms. The second-order valence-electron chi connectivity index (χ2n) is 8.90. The van der Waals surface area contributed by atoms with Crippen molar-refractivity contribution in [3.63, 3.8) is 0 Å². The fraction of sp³-hybridized carbons (Fsp3) is 0.346. The zero-order valence-corrected chi connectivity index (χ0v) is 20.1. The number of nitrogens with zero attached hydrogens (tertiary/aromatic N) is 2. The lowest BCUT2D eigenvalue weighted by Crippen LogP contribution is -2.35. The summed E-state index contributed by atoms with van der Waals surface area (Å²) >= 11 is 0. The van der Waals surface area contributed by atoms with Gasteiger partial charge < -0.3 is 10.1 Å². The number of esters is 1. The number of amides is 1. The fourth-order valence-electron chi connectivity index (χ4n) is 4.83. The SMILES string of the molecule is O=C(COC(=O)c1c2c(nc3ccccc13)CCC2)Nc1cccc(S(=O)(=O)N2CCCCC2)c1. The number of anilines is 1. The minimum Gasteiger partial charge on any atom is -0.452 e. The van der Waals surface area contributed by atoms with E-state index >= 15 is 0 Å². The van der Waals surface area contributed by atoms with Crippen LogP contribution in [0.2, 0.25) is 0 Å². The van der Waals surface area contributed by atoms with E-state index in [9.17, 15) is 18.0 Å². The maximum atomic E-state index is 13.0. The largest absolute Gasteiger partial charge is 0.452 e. The van der Waals surface area contributed by atoms with Crippen LogP contribution in [-0.4, -0.2) is 49.3 Å². The minimum absolute atomic E-state index is 0.132. The molecule has 1 N–H and O–H groups in total. The number of hydrogen-bond donors (Lipinski definition) is 1. The Morgan fingerprint density at radius 3 is 2.60 bits per heavy atom. The molecule has 1 fully saturated rings. The molecule has 0 unspecified atom stereocenters. The van der Waals surface area contributed by atoms with Gasteiger partial charge in [-0.3, -0.25) is 9.78 Å². The standard InChI is InChI=1S/C26H27N3O5S/c30-24(27-18-8-6-9-19(16-18)35(32,33)29-14-4-1-5-15-29)17-34-26(31)25-20-10-2-3-12-22(20)28-23-13-7-11-21(23)25/h2-3,6,8-10,12,16H,1,4-5,7,11,13-15,17H2,(H,27,30). The van der Waals surface area contributed by atoms with Gasteiger partial charge in [-0.2, -0.15) is 4.31 Å². The molecule has 2 aromatic carbocycles. The molecule has 9 heteroatoms. The van der Waals surface area contributed by atoms with Gasteiger partial charge in [-0.25, -0.2) is 13.2 Å². The number of pyridine rings is 1. The summed E-state index contributed by atoms with van der Waals surface area (Å²) in [6.45, 7) is 0.526. The quantitative estimate of drug-likeness (QED) is 0.525. The molecule has 0 radical (unpaired) electrons. The van der Waals surface area contributed by atoms with Gasteiger partial charge in [0, 0.05) is 29.9 Å². The van der Waals surface area contributed by atoms with Gasteiger partial charge in [0.1, 0.15) is 0 Å². The Kier molecular flexibility index (Phi) is 6.53. The van der Waals surface area contributed by atoms with Gasteiger partial charge in [0.05, 0.1) is 16.0 Å². The Balaban J connectivity index is 1.28. The van der Waals surface area contributed by atoms with Crippen LogP contribution in [0.3, 0.4) is 0 Å². The van der Waals surface area contributed by atoms with Crippen molar-refractivity contribution in [2.24, 2.45) is 0 Å². The van der Waals surface area contributed by atoms with E-state index in [0.29, 0.717) is 29.7 Å². The van der Waals surface area contributed by atoms with Crippen LogP contribution in [0.15, 0.2) is 53.4 Å². The molecule has 182 valence electrons. The molecule has 1 aliphatic heterocycles. The summed E-state index contributed by atoms with van der Waals surface area (Å²) in [6, 6.07) is 13.6. The highest BCUT2D eigenvalue weighted by molar-refractivity contribution is 7.89. The van der Waals surface area contributed by atoms with Gasteiger partial charge >= 0.3 is 5.97 Å². The topological polar surface area (TPSA) is 106 Å². The molecule has 8 nitrogen and oxygen atoms in total. The lowest BCUT2D eigenvalue weighted by Gasteiger charge is -2.26. The van der Waals surface area contributed by atoms with Crippen LogP contribution < -0.4 is 5.32 Å². The Morgan fingerprint density at radius 2 is 1.77 bits per heavy atom. The first-order valence-electron chi connectivity index (χ1n) is 11.9. The third-order valence-electron chi connectivity index (χ3n) is 6.53. The predicted molar refractivity (Wildman–Crippen MR) is 132 cm³/mol. The van der Waals surface area contributed by atoms with Crippen molar-refractivity contribution in [1.82, 2.24) is 9.29 Å². The molecule has 1 saturated heterocycles. The number of nitrogens with one attached hydrogen (secondary N) is 1. The van der Waals surface area contributed by atoms with E-state index in [4.69, 9.17) is 4.74 Å². The number of carbonyl (C=O) groups excluding carboxylic acids is 2. The van der Waals surface area contributed by atoms with Gasteiger partial charge in [-0.15, -0.1) is 0 Å². The summed E-state index contributed by atoms with van der Waals surface area (Å²) in [5, 5.41) is 3.36. The van der Waals surface area contributed by atoms with Gasteiger partial charge in [-0.05, 0) is 61.9 Å². The van der Waals surface area contributed by atoms with Gasteiger partial charge in [0.25, 0.3) is 5.91 Å². The van der Waals surface area contributed by atoms with Gasteiger partial charge in [0.2, 0.25) is 10.0 Å². The van der Waals surface area contributed by atoms with E-state index in [1.165, 1.54) is 16.4 Å². The summed E-state index contributed by atoms with van der Waals surface area (Å²) in [4.78, 5) is 30.4. The molecule has 0 spiro atoms. The van der Waals surface area contributed by atoms with Crippen molar-refractivity contribution in [3.05, 3.63) is 65.4 Å². The maximum Gasteiger partial charge on any atom is 0.339 e. The van der Waals surface area contributed by atoms with E-state index < -0.39 is 28.5 Å². The molecule has 3 aromatic rings. The highest BCUT2D eigenvalue weighted by Crippen LogP contribution is 2.30. The average Bonchev–Trinajstić information content (AvgIpc) is 3.34. The van der Waals surface area contributed by atoms with Crippen molar-refractivity contribution < 1.29 is 22.7 Å². The van der Waals surface area contributed by atoms with Crippen molar-refractivity contribution in [3.8, 4) is 0 Å². The molecular formula is C26H27N3O5S. The highest BCUT2D eigenvalue weighted by atomic mass is 32.2. The van der Waals surface area contributed by atoms with Crippen molar-refractivity contribution in [2.75, 3.05) is 25.0 Å². The second kappa shape index (κ2) is 9.75. The summed E-state index contributed by atoms with van der Waals surface area (Å²) in [7, 11) is -3.62. The number of piperidine rings is 1. The Morgan fingerprint density at radius 1 is 0.971 bits per heavy atom. The average molecular weight is 494 g/mol.